The Morgan fingerprint density at radius 3 is 2.74 bits per heavy atom. The normalized spacial score (nSPS) is 12.6. The minimum atomic E-state index is 0.154. The molecule has 0 aliphatic heterocycles. The van der Waals surface area contributed by atoms with E-state index in [9.17, 15) is 0 Å². The van der Waals surface area contributed by atoms with Crippen LogP contribution < -0.4 is 5.32 Å². The molecule has 0 aromatic carbocycles. The number of hydrogen-bond donors (Lipinski definition) is 1. The fourth-order valence-electron chi connectivity index (χ4n) is 1.87. The lowest BCUT2D eigenvalue weighted by Crippen LogP contribution is -2.23. The second kappa shape index (κ2) is 6.97. The zero-order valence-electron chi connectivity index (χ0n) is 10.9. The third kappa shape index (κ3) is 3.88. The van der Waals surface area contributed by atoms with Gasteiger partial charge in [0.2, 0.25) is 0 Å². The Bertz CT molecular complexity index is 554. The number of halogens is 2. The Hall–Kier alpha value is -0.230. The van der Waals surface area contributed by atoms with Gasteiger partial charge in [0, 0.05) is 24.9 Å². The van der Waals surface area contributed by atoms with Crippen LogP contribution in [-0.2, 0) is 0 Å². The molecule has 0 saturated carbocycles. The van der Waals surface area contributed by atoms with Crippen LogP contribution in [0, 0.1) is 6.92 Å². The Morgan fingerprint density at radius 1 is 1.37 bits per heavy atom. The first-order valence-corrected chi connectivity index (χ1v) is 8.62. The van der Waals surface area contributed by atoms with Crippen molar-refractivity contribution in [1.29, 1.82) is 0 Å². The van der Waals surface area contributed by atoms with E-state index in [2.05, 4.69) is 68.1 Å². The predicted molar refractivity (Wildman–Crippen MR) is 88.8 cm³/mol. The molecule has 2 rings (SSSR count). The number of nitrogens with one attached hydrogen (secondary N) is 1. The summed E-state index contributed by atoms with van der Waals surface area (Å²) in [5.41, 5.74) is 1.04. The van der Waals surface area contributed by atoms with Crippen LogP contribution in [0.3, 0.4) is 0 Å². The number of nitrogens with zero attached hydrogens (tertiary/aromatic N) is 1. The first kappa shape index (κ1) is 15.2. The fraction of sp³-hybridized carbons (Fsp3) is 0.357. The largest absolute Gasteiger partial charge is 0.304 e. The van der Waals surface area contributed by atoms with Gasteiger partial charge in [-0.2, -0.15) is 0 Å². The molecular formula is C14H16Br2N2S. The topological polar surface area (TPSA) is 24.9 Å². The van der Waals surface area contributed by atoms with Gasteiger partial charge in [-0.25, -0.2) is 0 Å². The van der Waals surface area contributed by atoms with Gasteiger partial charge in [-0.3, -0.25) is 4.98 Å². The van der Waals surface area contributed by atoms with Gasteiger partial charge in [-0.1, -0.05) is 6.92 Å². The number of pyridine rings is 1. The zero-order valence-corrected chi connectivity index (χ0v) is 14.9. The molecule has 19 heavy (non-hydrogen) atoms. The molecule has 0 spiro atoms. The molecule has 0 saturated heterocycles. The Labute approximate surface area is 134 Å². The van der Waals surface area contributed by atoms with E-state index in [-0.39, 0.29) is 6.04 Å². The van der Waals surface area contributed by atoms with Crippen molar-refractivity contribution in [1.82, 2.24) is 10.3 Å². The lowest BCUT2D eigenvalue weighted by molar-refractivity contribution is 0.591. The SMILES string of the molecule is CCCNC(c1ccc(C)s1)c1ncc(Br)cc1Br. The highest BCUT2D eigenvalue weighted by molar-refractivity contribution is 9.11. The second-order valence-corrected chi connectivity index (χ2v) is 7.45. The number of thiophene rings is 1. The van der Waals surface area contributed by atoms with Crippen molar-refractivity contribution in [2.24, 2.45) is 0 Å². The van der Waals surface area contributed by atoms with E-state index in [1.807, 2.05) is 23.6 Å². The first-order valence-electron chi connectivity index (χ1n) is 6.22. The van der Waals surface area contributed by atoms with E-state index in [0.29, 0.717) is 0 Å². The van der Waals surface area contributed by atoms with Crippen LogP contribution in [-0.4, -0.2) is 11.5 Å². The predicted octanol–water partition coefficient (Wildman–Crippen LogP) is 5.07. The molecule has 1 unspecified atom stereocenters. The van der Waals surface area contributed by atoms with Crippen LogP contribution in [0.5, 0.6) is 0 Å². The molecule has 0 amide bonds. The van der Waals surface area contributed by atoms with Crippen molar-refractivity contribution >= 4 is 43.2 Å². The van der Waals surface area contributed by atoms with Crippen molar-refractivity contribution < 1.29 is 0 Å². The molecule has 2 nitrogen and oxygen atoms in total. The van der Waals surface area contributed by atoms with Crippen LogP contribution in [0.25, 0.3) is 0 Å². The minimum absolute atomic E-state index is 0.154. The molecule has 5 heteroatoms. The average Bonchev–Trinajstić information content (AvgIpc) is 2.78. The standard InChI is InChI=1S/C14H16Br2N2S/c1-3-6-17-14(12-5-4-9(2)19-12)13-11(16)7-10(15)8-18-13/h4-5,7-8,14,17H,3,6H2,1-2H3. The zero-order chi connectivity index (χ0) is 13.8. The summed E-state index contributed by atoms with van der Waals surface area (Å²) in [6.07, 6.45) is 2.95. The lowest BCUT2D eigenvalue weighted by atomic mass is 10.1. The average molecular weight is 404 g/mol. The summed E-state index contributed by atoms with van der Waals surface area (Å²) in [4.78, 5) is 7.20. The van der Waals surface area contributed by atoms with Crippen LogP contribution in [0.2, 0.25) is 0 Å². The summed E-state index contributed by atoms with van der Waals surface area (Å²) in [5.74, 6) is 0. The highest BCUT2D eigenvalue weighted by Gasteiger charge is 2.19. The Morgan fingerprint density at radius 2 is 2.16 bits per heavy atom. The number of rotatable bonds is 5. The summed E-state index contributed by atoms with van der Waals surface area (Å²) in [6.45, 7) is 5.29. The maximum Gasteiger partial charge on any atom is 0.0856 e. The number of hydrogen-bond acceptors (Lipinski definition) is 3. The second-order valence-electron chi connectivity index (χ2n) is 4.36. The minimum Gasteiger partial charge on any atom is -0.304 e. The molecule has 0 bridgehead atoms. The van der Waals surface area contributed by atoms with Gasteiger partial charge in [0.05, 0.1) is 11.7 Å². The molecule has 0 aliphatic rings. The van der Waals surface area contributed by atoms with Gasteiger partial charge < -0.3 is 5.32 Å². The first-order chi connectivity index (χ1) is 9.11. The van der Waals surface area contributed by atoms with E-state index in [0.717, 1.165) is 27.6 Å². The van der Waals surface area contributed by atoms with Crippen LogP contribution in [0.1, 0.15) is 34.8 Å². The molecule has 0 fully saturated rings. The number of aryl methyl sites for hydroxylation is 1. The van der Waals surface area contributed by atoms with Gasteiger partial charge in [0.25, 0.3) is 0 Å². The molecule has 0 radical (unpaired) electrons. The third-order valence-corrected chi connectivity index (χ3v) is 4.89. The van der Waals surface area contributed by atoms with E-state index in [1.165, 1.54) is 9.75 Å². The van der Waals surface area contributed by atoms with E-state index < -0.39 is 0 Å². The molecule has 1 atom stereocenters. The molecule has 2 aromatic heterocycles. The summed E-state index contributed by atoms with van der Waals surface area (Å²) in [6, 6.07) is 6.54. The van der Waals surface area contributed by atoms with E-state index >= 15 is 0 Å². The van der Waals surface area contributed by atoms with Gasteiger partial charge >= 0.3 is 0 Å². The molecule has 102 valence electrons. The van der Waals surface area contributed by atoms with Crippen molar-refractivity contribution in [2.75, 3.05) is 6.54 Å². The highest BCUT2D eigenvalue weighted by Crippen LogP contribution is 2.32. The summed E-state index contributed by atoms with van der Waals surface area (Å²) < 4.78 is 2.02. The van der Waals surface area contributed by atoms with Crippen molar-refractivity contribution in [3.63, 3.8) is 0 Å². The quantitative estimate of drug-likeness (QED) is 0.753. The third-order valence-electron chi connectivity index (χ3n) is 2.75. The van der Waals surface area contributed by atoms with Crippen molar-refractivity contribution in [3.05, 3.63) is 48.8 Å². The lowest BCUT2D eigenvalue weighted by Gasteiger charge is -2.18. The van der Waals surface area contributed by atoms with Gasteiger partial charge in [-0.05, 0) is 69.9 Å². The summed E-state index contributed by atoms with van der Waals surface area (Å²) in [7, 11) is 0. The monoisotopic (exact) mass is 402 g/mol. The molecule has 0 aliphatic carbocycles. The highest BCUT2D eigenvalue weighted by atomic mass is 79.9. The van der Waals surface area contributed by atoms with Gasteiger partial charge in [0.15, 0.2) is 0 Å². The van der Waals surface area contributed by atoms with Gasteiger partial charge in [0.1, 0.15) is 0 Å². The van der Waals surface area contributed by atoms with E-state index in [1.54, 1.807) is 0 Å². The molecule has 2 aromatic rings. The van der Waals surface area contributed by atoms with Crippen molar-refractivity contribution in [2.45, 2.75) is 26.3 Å². The Kier molecular flexibility index (Phi) is 5.57. The van der Waals surface area contributed by atoms with Crippen LogP contribution in [0.4, 0.5) is 0 Å². The summed E-state index contributed by atoms with van der Waals surface area (Å²) in [5, 5.41) is 3.58. The number of aromatic nitrogens is 1. The van der Waals surface area contributed by atoms with Gasteiger partial charge in [-0.15, -0.1) is 11.3 Å². The maximum absolute atomic E-state index is 4.57. The molecule has 1 N–H and O–H groups in total. The molecule has 2 heterocycles. The maximum atomic E-state index is 4.57. The van der Waals surface area contributed by atoms with E-state index in [4.69, 9.17) is 0 Å². The Balaban J connectivity index is 2.36. The van der Waals surface area contributed by atoms with Crippen LogP contribution >= 0.6 is 43.2 Å². The smallest absolute Gasteiger partial charge is 0.0856 e. The van der Waals surface area contributed by atoms with Crippen LogP contribution in [0.15, 0.2) is 33.3 Å². The fourth-order valence-corrected chi connectivity index (χ4v) is 4.04. The van der Waals surface area contributed by atoms with Crippen molar-refractivity contribution in [3.8, 4) is 0 Å². The summed E-state index contributed by atoms with van der Waals surface area (Å²) >= 11 is 8.88. The molecular weight excluding hydrogens is 388 g/mol.